The van der Waals surface area contributed by atoms with E-state index >= 15 is 0 Å². The van der Waals surface area contributed by atoms with Crippen molar-refractivity contribution in [3.63, 3.8) is 0 Å². The van der Waals surface area contributed by atoms with Gasteiger partial charge in [0.1, 0.15) is 5.69 Å². The second kappa shape index (κ2) is 4.59. The molecule has 16 heavy (non-hydrogen) atoms. The first-order chi connectivity index (χ1) is 7.61. The molecule has 2 N–H and O–H groups in total. The van der Waals surface area contributed by atoms with Gasteiger partial charge in [0.15, 0.2) is 0 Å². The van der Waals surface area contributed by atoms with Crippen molar-refractivity contribution in [1.82, 2.24) is 15.0 Å². The minimum Gasteiger partial charge on any atom is -0.325 e. The third-order valence-electron chi connectivity index (χ3n) is 1.93. The second-order valence-corrected chi connectivity index (χ2v) is 4.30. The number of aromatic nitrogens is 3. The Morgan fingerprint density at radius 1 is 1.19 bits per heavy atom. The van der Waals surface area contributed by atoms with Gasteiger partial charge in [-0.25, -0.2) is 0 Å². The number of hydrogen-bond donors (Lipinski definition) is 1. The third kappa shape index (κ3) is 2.15. The first kappa shape index (κ1) is 11.7. The van der Waals surface area contributed by atoms with E-state index < -0.39 is 0 Å². The first-order valence-electron chi connectivity index (χ1n) is 4.38. The van der Waals surface area contributed by atoms with E-state index in [9.17, 15) is 0 Å². The summed E-state index contributed by atoms with van der Waals surface area (Å²) in [7, 11) is 0. The Labute approximate surface area is 107 Å². The maximum absolute atomic E-state index is 6.02. The molecule has 0 atom stereocenters. The summed E-state index contributed by atoms with van der Waals surface area (Å²) in [4.78, 5) is 1.34. The fraction of sp³-hybridized carbons (Fsp3) is 0.111. The molecule has 0 aliphatic carbocycles. The zero-order valence-corrected chi connectivity index (χ0v) is 10.3. The molecule has 0 fully saturated rings. The minimum absolute atomic E-state index is 0.308. The summed E-state index contributed by atoms with van der Waals surface area (Å²) in [6, 6.07) is 3.16. The molecule has 1 heterocycles. The van der Waals surface area contributed by atoms with Gasteiger partial charge in [-0.15, -0.1) is 4.80 Å². The Morgan fingerprint density at radius 3 is 2.31 bits per heavy atom. The third-order valence-corrected chi connectivity index (χ3v) is 2.72. The summed E-state index contributed by atoms with van der Waals surface area (Å²) in [5, 5.41) is 9.38. The van der Waals surface area contributed by atoms with E-state index in [1.54, 1.807) is 18.3 Å². The van der Waals surface area contributed by atoms with Crippen LogP contribution in [0.1, 0.15) is 5.69 Å². The number of hydrogen-bond acceptors (Lipinski definition) is 3. The van der Waals surface area contributed by atoms with Gasteiger partial charge < -0.3 is 5.73 Å². The highest BCUT2D eigenvalue weighted by atomic mass is 35.5. The molecule has 0 aliphatic rings. The molecule has 4 nitrogen and oxygen atoms in total. The predicted molar refractivity (Wildman–Crippen MR) is 64.3 cm³/mol. The van der Waals surface area contributed by atoms with Crippen LogP contribution in [0.2, 0.25) is 15.1 Å². The van der Waals surface area contributed by atoms with Crippen molar-refractivity contribution in [2.24, 2.45) is 5.73 Å². The summed E-state index contributed by atoms with van der Waals surface area (Å²) in [6.07, 6.45) is 1.56. The van der Waals surface area contributed by atoms with Crippen molar-refractivity contribution in [3.05, 3.63) is 39.1 Å². The molecule has 1 aromatic carbocycles. The van der Waals surface area contributed by atoms with Crippen molar-refractivity contribution in [1.29, 1.82) is 0 Å². The molecule has 0 saturated heterocycles. The Hall–Kier alpha value is -0.810. The van der Waals surface area contributed by atoms with Gasteiger partial charge in [-0.1, -0.05) is 34.8 Å². The quantitative estimate of drug-likeness (QED) is 0.918. The van der Waals surface area contributed by atoms with E-state index in [4.69, 9.17) is 40.5 Å². The van der Waals surface area contributed by atoms with Crippen molar-refractivity contribution < 1.29 is 0 Å². The molecular weight excluding hydrogens is 270 g/mol. The highest BCUT2D eigenvalue weighted by Gasteiger charge is 2.12. The lowest BCUT2D eigenvalue weighted by Gasteiger charge is -2.05. The number of halogens is 3. The lowest BCUT2D eigenvalue weighted by Crippen LogP contribution is -2.03. The summed E-state index contributed by atoms with van der Waals surface area (Å²) >= 11 is 17.8. The summed E-state index contributed by atoms with van der Waals surface area (Å²) in [5.74, 6) is 0. The molecule has 2 aromatic rings. The molecule has 0 unspecified atom stereocenters. The van der Waals surface area contributed by atoms with Gasteiger partial charge in [-0.3, -0.25) is 0 Å². The average Bonchev–Trinajstić information content (AvgIpc) is 2.64. The lowest BCUT2D eigenvalue weighted by molar-refractivity contribution is 0.738. The van der Waals surface area contributed by atoms with E-state index in [1.165, 1.54) is 4.80 Å². The molecule has 0 amide bonds. The van der Waals surface area contributed by atoms with Gasteiger partial charge in [-0.2, -0.15) is 10.2 Å². The molecule has 84 valence electrons. The van der Waals surface area contributed by atoms with Gasteiger partial charge in [0.25, 0.3) is 0 Å². The smallest absolute Gasteiger partial charge is 0.123 e. The standard InChI is InChI=1S/C9H7Cl3N4/c10-5-1-7(11)9(8(12)2-5)16-14-4-6(3-13)15-16/h1-2,4H,3,13H2. The Bertz CT molecular complexity index is 500. The molecule has 0 bridgehead atoms. The van der Waals surface area contributed by atoms with Gasteiger partial charge in [0.2, 0.25) is 0 Å². The summed E-state index contributed by atoms with van der Waals surface area (Å²) < 4.78 is 0. The maximum atomic E-state index is 6.02. The molecule has 0 radical (unpaired) electrons. The second-order valence-electron chi connectivity index (χ2n) is 3.05. The van der Waals surface area contributed by atoms with E-state index in [-0.39, 0.29) is 0 Å². The number of benzene rings is 1. The Kier molecular flexibility index (Phi) is 3.35. The van der Waals surface area contributed by atoms with Crippen LogP contribution < -0.4 is 5.73 Å². The molecular formula is C9H7Cl3N4. The van der Waals surface area contributed by atoms with Crippen LogP contribution in [0.15, 0.2) is 18.3 Å². The SMILES string of the molecule is NCc1cnn(-c2c(Cl)cc(Cl)cc2Cl)n1. The predicted octanol–water partition coefficient (Wildman–Crippen LogP) is 2.69. The summed E-state index contributed by atoms with van der Waals surface area (Å²) in [5.41, 5.74) is 6.59. The van der Waals surface area contributed by atoms with Crippen LogP contribution in [0.5, 0.6) is 0 Å². The van der Waals surface area contributed by atoms with Gasteiger partial charge in [0.05, 0.1) is 21.9 Å². The van der Waals surface area contributed by atoms with E-state index in [0.29, 0.717) is 33.0 Å². The highest BCUT2D eigenvalue weighted by Crippen LogP contribution is 2.31. The fourth-order valence-electron chi connectivity index (χ4n) is 1.22. The zero-order valence-electron chi connectivity index (χ0n) is 7.99. The summed E-state index contributed by atoms with van der Waals surface area (Å²) in [6.45, 7) is 0.308. The van der Waals surface area contributed by atoms with Crippen LogP contribution in [0.25, 0.3) is 5.69 Å². The van der Waals surface area contributed by atoms with Gasteiger partial charge in [0, 0.05) is 11.6 Å². The maximum Gasteiger partial charge on any atom is 0.123 e. The Morgan fingerprint density at radius 2 is 1.81 bits per heavy atom. The van der Waals surface area contributed by atoms with Crippen molar-refractivity contribution in [2.45, 2.75) is 6.54 Å². The number of nitrogens with two attached hydrogens (primary N) is 1. The monoisotopic (exact) mass is 276 g/mol. The molecule has 0 saturated carbocycles. The average molecular weight is 278 g/mol. The lowest BCUT2D eigenvalue weighted by atomic mass is 10.3. The fourth-order valence-corrected chi connectivity index (χ4v) is 2.19. The number of nitrogens with zero attached hydrogens (tertiary/aromatic N) is 3. The molecule has 2 rings (SSSR count). The zero-order chi connectivity index (χ0) is 11.7. The van der Waals surface area contributed by atoms with Crippen molar-refractivity contribution in [3.8, 4) is 5.69 Å². The minimum atomic E-state index is 0.308. The topological polar surface area (TPSA) is 56.7 Å². The van der Waals surface area contributed by atoms with Crippen LogP contribution in [0.4, 0.5) is 0 Å². The van der Waals surface area contributed by atoms with Crippen LogP contribution in [-0.2, 0) is 6.54 Å². The normalized spacial score (nSPS) is 10.8. The van der Waals surface area contributed by atoms with Crippen LogP contribution in [-0.4, -0.2) is 15.0 Å². The van der Waals surface area contributed by atoms with Gasteiger partial charge in [-0.05, 0) is 12.1 Å². The van der Waals surface area contributed by atoms with Crippen molar-refractivity contribution in [2.75, 3.05) is 0 Å². The largest absolute Gasteiger partial charge is 0.325 e. The molecule has 0 aliphatic heterocycles. The molecule has 0 spiro atoms. The van der Waals surface area contributed by atoms with Crippen LogP contribution >= 0.6 is 34.8 Å². The number of rotatable bonds is 2. The van der Waals surface area contributed by atoms with Crippen LogP contribution in [0.3, 0.4) is 0 Å². The van der Waals surface area contributed by atoms with E-state index in [2.05, 4.69) is 10.2 Å². The van der Waals surface area contributed by atoms with Gasteiger partial charge >= 0.3 is 0 Å². The van der Waals surface area contributed by atoms with E-state index in [1.807, 2.05) is 0 Å². The van der Waals surface area contributed by atoms with Crippen LogP contribution in [0, 0.1) is 0 Å². The van der Waals surface area contributed by atoms with Crippen molar-refractivity contribution >= 4 is 34.8 Å². The Balaban J connectivity index is 2.55. The highest BCUT2D eigenvalue weighted by molar-refractivity contribution is 6.40. The van der Waals surface area contributed by atoms with E-state index in [0.717, 1.165) is 0 Å². The molecule has 7 heteroatoms. The first-order valence-corrected chi connectivity index (χ1v) is 5.51. The molecule has 1 aromatic heterocycles.